The SMILES string of the molecule is CC.N#Cc1c(N2CCc3c(nnn3Cc3ccc(F)cc3C(F)(F)F)C2)cnn(PI)c1=O. The molecule has 4 rings (SSSR count). The number of anilines is 1. The van der Waals surface area contributed by atoms with E-state index < -0.39 is 23.1 Å². The van der Waals surface area contributed by atoms with Crippen LogP contribution in [0.15, 0.2) is 29.2 Å². The smallest absolute Gasteiger partial charge is 0.363 e. The molecule has 0 fully saturated rings. The van der Waals surface area contributed by atoms with Gasteiger partial charge in [-0.3, -0.25) is 4.79 Å². The Morgan fingerprint density at radius 3 is 2.68 bits per heavy atom. The van der Waals surface area contributed by atoms with E-state index in [2.05, 4.69) is 15.4 Å². The molecule has 0 saturated carbocycles. The fourth-order valence-corrected chi connectivity index (χ4v) is 4.88. The highest BCUT2D eigenvalue weighted by Crippen LogP contribution is 2.33. The van der Waals surface area contributed by atoms with Crippen molar-refractivity contribution in [3.8, 4) is 6.07 Å². The summed E-state index contributed by atoms with van der Waals surface area (Å²) in [5.41, 5.74) is -0.137. The summed E-state index contributed by atoms with van der Waals surface area (Å²) in [7, 11) is 0. The van der Waals surface area contributed by atoms with E-state index in [-0.39, 0.29) is 30.6 Å². The lowest BCUT2D eigenvalue weighted by atomic mass is 10.1. The predicted octanol–water partition coefficient (Wildman–Crippen LogP) is 4.29. The first-order valence-electron chi connectivity index (χ1n) is 10.1. The zero-order valence-corrected chi connectivity index (χ0v) is 21.2. The largest absolute Gasteiger partial charge is 0.416 e. The monoisotopic (exact) mass is 607 g/mol. The van der Waals surface area contributed by atoms with Crippen molar-refractivity contribution in [3.05, 3.63) is 68.6 Å². The molecule has 0 saturated heterocycles. The van der Waals surface area contributed by atoms with E-state index in [4.69, 9.17) is 0 Å². The van der Waals surface area contributed by atoms with E-state index in [1.54, 1.807) is 4.90 Å². The van der Waals surface area contributed by atoms with Gasteiger partial charge in [0.2, 0.25) is 0 Å². The number of alkyl halides is 3. The van der Waals surface area contributed by atoms with Crippen LogP contribution in [0, 0.1) is 17.1 Å². The second kappa shape index (κ2) is 10.8. The van der Waals surface area contributed by atoms with Crippen LogP contribution in [-0.4, -0.2) is 31.1 Å². The van der Waals surface area contributed by atoms with Crippen LogP contribution in [-0.2, 0) is 25.7 Å². The zero-order chi connectivity index (χ0) is 25.0. The van der Waals surface area contributed by atoms with E-state index >= 15 is 0 Å². The molecule has 1 aliphatic heterocycles. The Morgan fingerprint density at radius 1 is 1.29 bits per heavy atom. The Hall–Kier alpha value is -2.59. The summed E-state index contributed by atoms with van der Waals surface area (Å²) in [5, 5.41) is 21.6. The normalized spacial score (nSPS) is 13.4. The lowest BCUT2D eigenvalue weighted by Gasteiger charge is -2.28. The molecular formula is C20H19F4IN7OP. The van der Waals surface area contributed by atoms with E-state index in [0.29, 0.717) is 36.1 Å². The van der Waals surface area contributed by atoms with Gasteiger partial charge in [-0.1, -0.05) is 25.1 Å². The summed E-state index contributed by atoms with van der Waals surface area (Å²) in [5.74, 6) is -0.968. The minimum Gasteiger partial charge on any atom is -0.363 e. The van der Waals surface area contributed by atoms with Crippen molar-refractivity contribution in [2.75, 3.05) is 11.4 Å². The van der Waals surface area contributed by atoms with Crippen LogP contribution in [0.5, 0.6) is 0 Å². The number of nitriles is 1. The van der Waals surface area contributed by atoms with Gasteiger partial charge in [-0.25, -0.2) is 13.5 Å². The Labute approximate surface area is 206 Å². The van der Waals surface area contributed by atoms with Crippen LogP contribution in [0.4, 0.5) is 23.2 Å². The van der Waals surface area contributed by atoms with Crippen LogP contribution in [0.3, 0.4) is 0 Å². The molecule has 0 amide bonds. The number of nitrogens with zero attached hydrogens (tertiary/aromatic N) is 7. The van der Waals surface area contributed by atoms with Gasteiger partial charge in [-0.2, -0.15) is 23.5 Å². The third-order valence-electron chi connectivity index (χ3n) is 5.07. The molecule has 0 spiro atoms. The fourth-order valence-electron chi connectivity index (χ4n) is 3.56. The topological polar surface area (TPSA) is 92.6 Å². The van der Waals surface area contributed by atoms with Crippen molar-refractivity contribution >= 4 is 34.1 Å². The van der Waals surface area contributed by atoms with Gasteiger partial charge in [0.1, 0.15) is 23.1 Å². The quantitative estimate of drug-likeness (QED) is 0.250. The summed E-state index contributed by atoms with van der Waals surface area (Å²) in [6.07, 6.45) is -2.81. The molecule has 8 nitrogen and oxygen atoms in total. The van der Waals surface area contributed by atoms with Crippen molar-refractivity contribution in [2.45, 2.75) is 39.5 Å². The lowest BCUT2D eigenvalue weighted by Crippen LogP contribution is -2.34. The number of halogens is 5. The lowest BCUT2D eigenvalue weighted by molar-refractivity contribution is -0.138. The van der Waals surface area contributed by atoms with E-state index in [1.165, 1.54) is 15.3 Å². The summed E-state index contributed by atoms with van der Waals surface area (Å²) in [6.45, 7) is 4.40. The highest BCUT2D eigenvalue weighted by atomic mass is 127. The minimum absolute atomic E-state index is 0.0267. The van der Waals surface area contributed by atoms with Crippen LogP contribution in [0.1, 0.15) is 41.9 Å². The maximum atomic E-state index is 13.4. The van der Waals surface area contributed by atoms with Gasteiger partial charge in [0.25, 0.3) is 5.56 Å². The molecule has 1 unspecified atom stereocenters. The maximum absolute atomic E-state index is 13.4. The van der Waals surface area contributed by atoms with Gasteiger partial charge in [-0.05, 0) is 39.7 Å². The summed E-state index contributed by atoms with van der Waals surface area (Å²) < 4.78 is 55.9. The average Bonchev–Trinajstić information content (AvgIpc) is 3.22. The number of hydrogen-bond donors (Lipinski definition) is 0. The number of aromatic nitrogens is 5. The van der Waals surface area contributed by atoms with Crippen LogP contribution in [0.25, 0.3) is 0 Å². The molecule has 3 aromatic rings. The molecule has 3 heterocycles. The first-order chi connectivity index (χ1) is 16.2. The van der Waals surface area contributed by atoms with Crippen molar-refractivity contribution < 1.29 is 17.6 Å². The zero-order valence-electron chi connectivity index (χ0n) is 18.1. The molecule has 0 N–H and O–H groups in total. The fraction of sp³-hybridized carbons (Fsp3) is 0.350. The highest BCUT2D eigenvalue weighted by molar-refractivity contribution is 14.2. The number of hydrogen-bond acceptors (Lipinski definition) is 6. The molecule has 1 aliphatic rings. The van der Waals surface area contributed by atoms with E-state index in [1.807, 2.05) is 42.0 Å². The van der Waals surface area contributed by atoms with Gasteiger partial charge in [0, 0.05) is 13.0 Å². The Morgan fingerprint density at radius 2 is 2.03 bits per heavy atom. The number of benzene rings is 1. The second-order valence-electron chi connectivity index (χ2n) is 6.93. The molecule has 0 radical (unpaired) electrons. The van der Waals surface area contributed by atoms with Gasteiger partial charge < -0.3 is 4.90 Å². The average molecular weight is 607 g/mol. The molecule has 34 heavy (non-hydrogen) atoms. The van der Waals surface area contributed by atoms with Gasteiger partial charge >= 0.3 is 6.18 Å². The third kappa shape index (κ3) is 5.22. The second-order valence-corrected chi connectivity index (χ2v) is 8.97. The third-order valence-corrected chi connectivity index (χ3v) is 6.91. The highest BCUT2D eigenvalue weighted by Gasteiger charge is 2.34. The summed E-state index contributed by atoms with van der Waals surface area (Å²) >= 11 is 1.99. The van der Waals surface area contributed by atoms with Crippen LogP contribution in [0.2, 0.25) is 0 Å². The van der Waals surface area contributed by atoms with Crippen LogP contribution >= 0.6 is 28.4 Å². The summed E-state index contributed by atoms with van der Waals surface area (Å²) in [6, 6.07) is 4.47. The molecule has 2 aromatic heterocycles. The van der Waals surface area contributed by atoms with Crippen molar-refractivity contribution in [3.63, 3.8) is 0 Å². The minimum atomic E-state index is -4.70. The molecule has 14 heteroatoms. The van der Waals surface area contributed by atoms with Crippen molar-refractivity contribution in [1.82, 2.24) is 24.5 Å². The van der Waals surface area contributed by atoms with Gasteiger partial charge in [0.05, 0.1) is 42.6 Å². The molecule has 1 atom stereocenters. The molecule has 180 valence electrons. The van der Waals surface area contributed by atoms with E-state index in [9.17, 15) is 27.6 Å². The summed E-state index contributed by atoms with van der Waals surface area (Å²) in [4.78, 5) is 14.2. The first kappa shape index (κ1) is 26.0. The van der Waals surface area contributed by atoms with Gasteiger partial charge in [0.15, 0.2) is 0 Å². The van der Waals surface area contributed by atoms with Crippen LogP contribution < -0.4 is 10.5 Å². The Kier molecular flexibility index (Phi) is 8.25. The predicted molar refractivity (Wildman–Crippen MR) is 128 cm³/mol. The molecule has 1 aromatic carbocycles. The Bertz CT molecular complexity index is 1290. The number of rotatable bonds is 4. The van der Waals surface area contributed by atoms with Crippen molar-refractivity contribution in [1.29, 1.82) is 5.26 Å². The van der Waals surface area contributed by atoms with E-state index in [0.717, 1.165) is 12.1 Å². The first-order valence-corrected chi connectivity index (χ1v) is 14.2. The van der Waals surface area contributed by atoms with Crippen molar-refractivity contribution in [2.24, 2.45) is 0 Å². The number of fused-ring (bicyclic) bond motifs is 1. The maximum Gasteiger partial charge on any atom is 0.416 e. The van der Waals surface area contributed by atoms with Gasteiger partial charge in [-0.15, -0.1) is 5.10 Å². The Balaban J connectivity index is 0.00000158. The standard InChI is InChI=1S/C18H13F4IN7OP.C2H6/c19-11-2-1-10(13(5-11)18(20,21)22)8-29-15-3-4-28(9-14(15)26-27-29)16-7-25-30(32-23)17(31)12(16)6-24;1-2/h1-2,5,7,32H,3-4,8-9H2;1-2H3. The molecule has 0 bridgehead atoms. The molecule has 0 aliphatic carbocycles. The molecular weight excluding hydrogens is 588 g/mol.